The smallest absolute Gasteiger partial charge is 0.245 e. The number of nitrogens with zero attached hydrogens (tertiary/aromatic N) is 2. The van der Waals surface area contributed by atoms with Crippen LogP contribution in [0.3, 0.4) is 0 Å². The lowest BCUT2D eigenvalue weighted by Gasteiger charge is -2.06. The van der Waals surface area contributed by atoms with E-state index in [0.29, 0.717) is 18.1 Å². The lowest BCUT2D eigenvalue weighted by atomic mass is 10.2. The van der Waals surface area contributed by atoms with E-state index in [2.05, 4.69) is 21.1 Å². The summed E-state index contributed by atoms with van der Waals surface area (Å²) >= 11 is 0. The maximum Gasteiger partial charge on any atom is 0.245 e. The monoisotopic (exact) mass is 350 g/mol. The molecule has 0 aromatic heterocycles. The molecular weight excluding hydrogens is 332 g/mol. The van der Waals surface area contributed by atoms with Crippen LogP contribution in [0.4, 0.5) is 0 Å². The van der Waals surface area contributed by atoms with Crippen LogP contribution in [0.2, 0.25) is 0 Å². The summed E-state index contributed by atoms with van der Waals surface area (Å²) < 4.78 is 5.76. The molecular formula is C19H18N4O3. The fraction of sp³-hybridized carbons (Fsp3) is 0.158. The Morgan fingerprint density at radius 3 is 2.85 bits per heavy atom. The number of hydrogen-bond acceptors (Lipinski definition) is 5. The van der Waals surface area contributed by atoms with E-state index in [1.54, 1.807) is 0 Å². The van der Waals surface area contributed by atoms with E-state index < -0.39 is 0 Å². The van der Waals surface area contributed by atoms with Crippen molar-refractivity contribution in [3.63, 3.8) is 0 Å². The van der Waals surface area contributed by atoms with Crippen molar-refractivity contribution in [1.29, 1.82) is 0 Å². The number of hydrogen-bond donors (Lipinski definition) is 2. The van der Waals surface area contributed by atoms with Gasteiger partial charge in [-0.05, 0) is 23.3 Å². The van der Waals surface area contributed by atoms with Crippen LogP contribution in [0.25, 0.3) is 0 Å². The number of amides is 2. The van der Waals surface area contributed by atoms with Gasteiger partial charge in [0.15, 0.2) is 0 Å². The molecule has 2 N–H and O–H groups in total. The minimum absolute atomic E-state index is 0.0380. The lowest BCUT2D eigenvalue weighted by molar-refractivity contribution is -0.119. The van der Waals surface area contributed by atoms with E-state index in [9.17, 15) is 9.59 Å². The summed E-state index contributed by atoms with van der Waals surface area (Å²) in [4.78, 5) is 22.8. The molecule has 7 heteroatoms. The Bertz CT molecular complexity index is 847. The molecule has 1 aliphatic rings. The molecule has 2 aromatic carbocycles. The summed E-state index contributed by atoms with van der Waals surface area (Å²) in [6.07, 6.45) is 1.72. The molecule has 0 saturated carbocycles. The fourth-order valence-electron chi connectivity index (χ4n) is 2.34. The highest BCUT2D eigenvalue weighted by Gasteiger charge is 2.16. The van der Waals surface area contributed by atoms with E-state index in [4.69, 9.17) is 4.74 Å². The zero-order valence-corrected chi connectivity index (χ0v) is 14.0. The van der Waals surface area contributed by atoms with Gasteiger partial charge < -0.3 is 4.74 Å². The number of carbonyl (C=O) groups excluding carboxylic acids is 2. The first-order chi connectivity index (χ1) is 12.7. The molecule has 0 atom stereocenters. The van der Waals surface area contributed by atoms with Crippen LogP contribution in [0, 0.1) is 0 Å². The normalized spacial score (nSPS) is 13.4. The molecule has 0 aliphatic carbocycles. The molecule has 7 nitrogen and oxygen atoms in total. The van der Waals surface area contributed by atoms with Gasteiger partial charge in [0.25, 0.3) is 0 Å². The summed E-state index contributed by atoms with van der Waals surface area (Å²) in [5.74, 6) is 0.186. The van der Waals surface area contributed by atoms with Crippen molar-refractivity contribution in [1.82, 2.24) is 10.9 Å². The Labute approximate surface area is 150 Å². The maximum atomic E-state index is 11.8. The van der Waals surface area contributed by atoms with Gasteiger partial charge in [0.2, 0.25) is 11.8 Å². The molecule has 0 fully saturated rings. The van der Waals surface area contributed by atoms with Gasteiger partial charge in [-0.15, -0.1) is 0 Å². The largest absolute Gasteiger partial charge is 0.489 e. The third-order valence-corrected chi connectivity index (χ3v) is 3.58. The van der Waals surface area contributed by atoms with Gasteiger partial charge >= 0.3 is 0 Å². The van der Waals surface area contributed by atoms with Crippen molar-refractivity contribution < 1.29 is 14.3 Å². The predicted molar refractivity (Wildman–Crippen MR) is 97.8 cm³/mol. The van der Waals surface area contributed by atoms with Gasteiger partial charge in [0, 0.05) is 0 Å². The predicted octanol–water partition coefficient (Wildman–Crippen LogP) is 1.98. The van der Waals surface area contributed by atoms with Crippen LogP contribution < -0.4 is 15.6 Å². The van der Waals surface area contributed by atoms with Gasteiger partial charge in [-0.2, -0.15) is 10.2 Å². The van der Waals surface area contributed by atoms with E-state index in [1.165, 1.54) is 6.21 Å². The Morgan fingerprint density at radius 1 is 1.23 bits per heavy atom. The van der Waals surface area contributed by atoms with E-state index in [-0.39, 0.29) is 24.7 Å². The van der Waals surface area contributed by atoms with Gasteiger partial charge in [-0.3, -0.25) is 9.59 Å². The minimum Gasteiger partial charge on any atom is -0.489 e. The molecule has 0 bridgehead atoms. The van der Waals surface area contributed by atoms with Gasteiger partial charge in [0.05, 0.1) is 24.8 Å². The number of benzene rings is 2. The third kappa shape index (κ3) is 5.27. The number of nitrogens with one attached hydrogen (secondary N) is 2. The summed E-state index contributed by atoms with van der Waals surface area (Å²) in [5.41, 5.74) is 7.10. The van der Waals surface area contributed by atoms with Crippen LogP contribution in [0.15, 0.2) is 64.8 Å². The van der Waals surface area contributed by atoms with E-state index in [1.807, 2.05) is 54.6 Å². The Morgan fingerprint density at radius 2 is 2.08 bits per heavy atom. The Kier molecular flexibility index (Phi) is 5.72. The number of carbonyl (C=O) groups is 2. The standard InChI is InChI=1S/C19H18N4O3/c24-18(10-16-11-19(25)23-21-16)22-20-12-15-7-4-8-17(9-15)26-13-14-5-2-1-3-6-14/h1-9,12H,10-11,13H2,(H,22,24)(H,23,25)/b20-12-. The van der Waals surface area contributed by atoms with Crippen LogP contribution >= 0.6 is 0 Å². The maximum absolute atomic E-state index is 11.8. The summed E-state index contributed by atoms with van der Waals surface area (Å²) in [5, 5.41) is 7.69. The highest BCUT2D eigenvalue weighted by atomic mass is 16.5. The van der Waals surface area contributed by atoms with Crippen molar-refractivity contribution >= 4 is 23.7 Å². The molecule has 0 radical (unpaired) electrons. The fourth-order valence-corrected chi connectivity index (χ4v) is 2.34. The summed E-state index contributed by atoms with van der Waals surface area (Å²) in [7, 11) is 0. The Balaban J connectivity index is 1.49. The molecule has 2 amide bonds. The zero-order chi connectivity index (χ0) is 18.2. The molecule has 0 spiro atoms. The first kappa shape index (κ1) is 17.3. The second-order valence-electron chi connectivity index (χ2n) is 5.71. The average Bonchev–Trinajstić information content (AvgIpc) is 3.06. The summed E-state index contributed by atoms with van der Waals surface area (Å²) in [6, 6.07) is 17.3. The number of ether oxygens (including phenoxy) is 1. The molecule has 1 heterocycles. The molecule has 132 valence electrons. The highest BCUT2D eigenvalue weighted by Crippen LogP contribution is 2.14. The first-order valence-corrected chi connectivity index (χ1v) is 8.12. The van der Waals surface area contributed by atoms with Crippen LogP contribution in [0.5, 0.6) is 5.75 Å². The molecule has 1 aliphatic heterocycles. The van der Waals surface area contributed by atoms with Crippen LogP contribution in [-0.2, 0) is 16.2 Å². The quantitative estimate of drug-likeness (QED) is 0.591. The summed E-state index contributed by atoms with van der Waals surface area (Å²) in [6.45, 7) is 0.479. The van der Waals surface area contributed by atoms with Crippen molar-refractivity contribution in [2.45, 2.75) is 19.4 Å². The van der Waals surface area contributed by atoms with Crippen molar-refractivity contribution in [3.05, 3.63) is 65.7 Å². The lowest BCUT2D eigenvalue weighted by Crippen LogP contribution is -2.20. The number of hydrazone groups is 2. The van der Waals surface area contributed by atoms with Gasteiger partial charge in [-0.25, -0.2) is 10.9 Å². The molecule has 0 unspecified atom stereocenters. The highest BCUT2D eigenvalue weighted by molar-refractivity contribution is 6.11. The van der Waals surface area contributed by atoms with Crippen LogP contribution in [0.1, 0.15) is 24.0 Å². The molecule has 2 aromatic rings. The molecule has 26 heavy (non-hydrogen) atoms. The molecule has 0 saturated heterocycles. The average molecular weight is 350 g/mol. The number of rotatable bonds is 7. The minimum atomic E-state index is -0.326. The van der Waals surface area contributed by atoms with E-state index in [0.717, 1.165) is 11.1 Å². The third-order valence-electron chi connectivity index (χ3n) is 3.58. The topological polar surface area (TPSA) is 92.2 Å². The SMILES string of the molecule is O=C1CC(CC(=O)N/N=C\c2cccc(OCc3ccccc3)c2)=NN1. The van der Waals surface area contributed by atoms with Crippen molar-refractivity contribution in [2.75, 3.05) is 0 Å². The Hall–Kier alpha value is -3.48. The zero-order valence-electron chi connectivity index (χ0n) is 14.0. The van der Waals surface area contributed by atoms with E-state index >= 15 is 0 Å². The van der Waals surface area contributed by atoms with Gasteiger partial charge in [0.1, 0.15) is 12.4 Å². The first-order valence-electron chi connectivity index (χ1n) is 8.12. The second-order valence-corrected chi connectivity index (χ2v) is 5.71. The molecule has 3 rings (SSSR count). The van der Waals surface area contributed by atoms with Crippen LogP contribution in [-0.4, -0.2) is 23.7 Å². The van der Waals surface area contributed by atoms with Crippen molar-refractivity contribution in [2.24, 2.45) is 10.2 Å². The second kappa shape index (κ2) is 8.57. The van der Waals surface area contributed by atoms with Crippen molar-refractivity contribution in [3.8, 4) is 5.75 Å². The van der Waals surface area contributed by atoms with Gasteiger partial charge in [-0.1, -0.05) is 42.5 Å².